The molecule has 4 nitrogen and oxygen atoms in total. The number of nitrogens with zero attached hydrogens (tertiary/aromatic N) is 1. The molecule has 2 N–H and O–H groups in total. The molecule has 1 amide bonds. The Balaban J connectivity index is 1.68. The molecule has 0 radical (unpaired) electrons. The van der Waals surface area contributed by atoms with E-state index in [0.717, 1.165) is 5.56 Å². The summed E-state index contributed by atoms with van der Waals surface area (Å²) in [6, 6.07) is 16.5. The molecule has 0 saturated carbocycles. The zero-order chi connectivity index (χ0) is 17.6. The molecule has 0 aliphatic carbocycles. The Kier molecular flexibility index (Phi) is 5.26. The van der Waals surface area contributed by atoms with Crippen LogP contribution >= 0.6 is 11.6 Å². The minimum Gasteiger partial charge on any atom is -0.366 e. The normalized spacial score (nSPS) is 10.3. The number of carbonyl (C=O) groups is 1. The first-order chi connectivity index (χ1) is 12.1. The average molecular weight is 356 g/mol. The zero-order valence-electron chi connectivity index (χ0n) is 13.2. The molecule has 0 aliphatic rings. The van der Waals surface area contributed by atoms with Gasteiger partial charge in [0.05, 0.1) is 0 Å². The van der Waals surface area contributed by atoms with Crippen molar-refractivity contribution in [3.8, 4) is 0 Å². The Morgan fingerprint density at radius 3 is 2.72 bits per heavy atom. The highest BCUT2D eigenvalue weighted by Gasteiger charge is 2.08. The Morgan fingerprint density at radius 1 is 1.08 bits per heavy atom. The van der Waals surface area contributed by atoms with Crippen molar-refractivity contribution in [2.45, 2.75) is 6.54 Å². The number of pyridine rings is 1. The van der Waals surface area contributed by atoms with E-state index >= 15 is 0 Å². The second-order valence-electron chi connectivity index (χ2n) is 5.34. The number of aromatic nitrogens is 1. The molecular weight excluding hydrogens is 341 g/mol. The summed E-state index contributed by atoms with van der Waals surface area (Å²) in [6.45, 7) is 0.488. The monoisotopic (exact) mass is 355 g/mol. The molecule has 0 fully saturated rings. The van der Waals surface area contributed by atoms with Crippen LogP contribution in [-0.4, -0.2) is 10.9 Å². The lowest BCUT2D eigenvalue weighted by Gasteiger charge is -2.09. The second-order valence-corrected chi connectivity index (χ2v) is 5.75. The van der Waals surface area contributed by atoms with Crippen LogP contribution in [0.4, 0.5) is 15.9 Å². The molecule has 0 spiro atoms. The number of nitrogens with one attached hydrogen (secondary N) is 2. The lowest BCUT2D eigenvalue weighted by Crippen LogP contribution is -2.13. The molecule has 1 aromatic heterocycles. The first-order valence-corrected chi connectivity index (χ1v) is 8.00. The maximum Gasteiger partial charge on any atom is 0.255 e. The molecule has 0 bridgehead atoms. The number of rotatable bonds is 5. The van der Waals surface area contributed by atoms with Crippen LogP contribution in [0.2, 0.25) is 5.02 Å². The van der Waals surface area contributed by atoms with Gasteiger partial charge in [-0.1, -0.05) is 35.9 Å². The summed E-state index contributed by atoms with van der Waals surface area (Å²) < 4.78 is 13.2. The van der Waals surface area contributed by atoms with Crippen LogP contribution in [0.1, 0.15) is 15.9 Å². The number of amides is 1. The third-order valence-corrected chi connectivity index (χ3v) is 3.89. The molecule has 6 heteroatoms. The summed E-state index contributed by atoms with van der Waals surface area (Å²) in [7, 11) is 0. The highest BCUT2D eigenvalue weighted by molar-refractivity contribution is 6.31. The van der Waals surface area contributed by atoms with Crippen LogP contribution in [0, 0.1) is 5.82 Å². The molecule has 126 valence electrons. The SMILES string of the molecule is O=C(Nc1cccc(F)c1)c1ccnc(NCc2ccccc2Cl)c1. The molecule has 2 aromatic carbocycles. The fourth-order valence-electron chi connectivity index (χ4n) is 2.27. The average Bonchev–Trinajstić information content (AvgIpc) is 2.61. The molecule has 25 heavy (non-hydrogen) atoms. The summed E-state index contributed by atoms with van der Waals surface area (Å²) in [5, 5.41) is 6.45. The van der Waals surface area contributed by atoms with E-state index in [-0.39, 0.29) is 5.91 Å². The van der Waals surface area contributed by atoms with Gasteiger partial charge in [-0.05, 0) is 42.0 Å². The second kappa shape index (κ2) is 7.77. The zero-order valence-corrected chi connectivity index (χ0v) is 13.9. The van der Waals surface area contributed by atoms with Gasteiger partial charge in [-0.3, -0.25) is 4.79 Å². The van der Waals surface area contributed by atoms with E-state index in [2.05, 4.69) is 15.6 Å². The molecule has 0 atom stereocenters. The summed E-state index contributed by atoms with van der Waals surface area (Å²) in [4.78, 5) is 16.5. The standard InChI is InChI=1S/C19H15ClFN3O/c20-17-7-2-1-4-14(17)12-23-18-10-13(8-9-22-18)19(25)24-16-6-3-5-15(21)11-16/h1-11H,12H2,(H,22,23)(H,24,25). The maximum atomic E-state index is 13.2. The van der Waals surface area contributed by atoms with Crippen molar-refractivity contribution in [2.24, 2.45) is 0 Å². The van der Waals surface area contributed by atoms with Crippen LogP contribution in [0.25, 0.3) is 0 Å². The van der Waals surface area contributed by atoms with E-state index in [9.17, 15) is 9.18 Å². The van der Waals surface area contributed by atoms with Gasteiger partial charge in [0, 0.05) is 29.0 Å². The Morgan fingerprint density at radius 2 is 1.92 bits per heavy atom. The number of anilines is 2. The van der Waals surface area contributed by atoms with E-state index in [1.54, 1.807) is 18.2 Å². The number of benzene rings is 2. The fourth-order valence-corrected chi connectivity index (χ4v) is 2.47. The summed E-state index contributed by atoms with van der Waals surface area (Å²) in [5.74, 6) is -0.199. The maximum absolute atomic E-state index is 13.2. The van der Waals surface area contributed by atoms with Gasteiger partial charge in [0.2, 0.25) is 0 Å². The van der Waals surface area contributed by atoms with Crippen LogP contribution in [0.5, 0.6) is 0 Å². The van der Waals surface area contributed by atoms with Crippen molar-refractivity contribution in [1.82, 2.24) is 4.98 Å². The van der Waals surface area contributed by atoms with Gasteiger partial charge in [0.25, 0.3) is 5.91 Å². The molecule has 0 unspecified atom stereocenters. The minimum atomic E-state index is -0.408. The van der Waals surface area contributed by atoms with Crippen molar-refractivity contribution in [3.63, 3.8) is 0 Å². The Hall–Kier alpha value is -2.92. The van der Waals surface area contributed by atoms with E-state index in [1.807, 2.05) is 24.3 Å². The van der Waals surface area contributed by atoms with Gasteiger partial charge in [0.15, 0.2) is 0 Å². The lowest BCUT2D eigenvalue weighted by atomic mass is 10.2. The molecule has 3 aromatic rings. The van der Waals surface area contributed by atoms with Crippen molar-refractivity contribution in [3.05, 3.63) is 88.8 Å². The van der Waals surface area contributed by atoms with Crippen molar-refractivity contribution >= 4 is 29.0 Å². The van der Waals surface area contributed by atoms with Crippen LogP contribution in [0.15, 0.2) is 66.9 Å². The highest BCUT2D eigenvalue weighted by atomic mass is 35.5. The number of hydrogen-bond acceptors (Lipinski definition) is 3. The molecule has 3 rings (SSSR count). The van der Waals surface area contributed by atoms with Gasteiger partial charge in [-0.25, -0.2) is 9.37 Å². The van der Waals surface area contributed by atoms with E-state index in [4.69, 9.17) is 11.6 Å². The van der Waals surface area contributed by atoms with E-state index in [1.165, 1.54) is 24.4 Å². The largest absolute Gasteiger partial charge is 0.366 e. The molecule has 1 heterocycles. The van der Waals surface area contributed by atoms with Crippen LogP contribution < -0.4 is 10.6 Å². The first kappa shape index (κ1) is 16.9. The molecule has 0 aliphatic heterocycles. The summed E-state index contributed by atoms with van der Waals surface area (Å²) >= 11 is 6.12. The van der Waals surface area contributed by atoms with Crippen molar-refractivity contribution < 1.29 is 9.18 Å². The number of hydrogen-bond donors (Lipinski definition) is 2. The predicted molar refractivity (Wildman–Crippen MR) is 97.4 cm³/mol. The molecule has 0 saturated heterocycles. The van der Waals surface area contributed by atoms with Gasteiger partial charge < -0.3 is 10.6 Å². The third kappa shape index (κ3) is 4.55. The summed E-state index contributed by atoms with van der Waals surface area (Å²) in [6.07, 6.45) is 1.54. The summed E-state index contributed by atoms with van der Waals surface area (Å²) in [5.41, 5.74) is 1.74. The predicted octanol–water partition coefficient (Wildman–Crippen LogP) is 4.74. The quantitative estimate of drug-likeness (QED) is 0.695. The highest BCUT2D eigenvalue weighted by Crippen LogP contribution is 2.17. The van der Waals surface area contributed by atoms with Gasteiger partial charge in [0.1, 0.15) is 11.6 Å². The number of halogens is 2. The smallest absolute Gasteiger partial charge is 0.255 e. The van der Waals surface area contributed by atoms with Crippen molar-refractivity contribution in [1.29, 1.82) is 0 Å². The Labute approximate surface area is 149 Å². The van der Waals surface area contributed by atoms with Crippen LogP contribution in [-0.2, 0) is 6.54 Å². The molecular formula is C19H15ClFN3O. The van der Waals surface area contributed by atoms with Gasteiger partial charge in [-0.15, -0.1) is 0 Å². The Bertz CT molecular complexity index is 901. The van der Waals surface area contributed by atoms with Gasteiger partial charge >= 0.3 is 0 Å². The first-order valence-electron chi connectivity index (χ1n) is 7.62. The third-order valence-electron chi connectivity index (χ3n) is 3.52. The van der Waals surface area contributed by atoms with Crippen molar-refractivity contribution in [2.75, 3.05) is 10.6 Å². The van der Waals surface area contributed by atoms with Crippen LogP contribution in [0.3, 0.4) is 0 Å². The topological polar surface area (TPSA) is 54.0 Å². The van der Waals surface area contributed by atoms with E-state index < -0.39 is 5.82 Å². The minimum absolute atomic E-state index is 0.339. The number of carbonyl (C=O) groups excluding carboxylic acids is 1. The fraction of sp³-hybridized carbons (Fsp3) is 0.0526. The van der Waals surface area contributed by atoms with E-state index in [0.29, 0.717) is 28.6 Å². The lowest BCUT2D eigenvalue weighted by molar-refractivity contribution is 0.102. The van der Waals surface area contributed by atoms with Gasteiger partial charge in [-0.2, -0.15) is 0 Å².